The summed E-state index contributed by atoms with van der Waals surface area (Å²) < 4.78 is 28.0. The van der Waals surface area contributed by atoms with Crippen LogP contribution in [0.1, 0.15) is 50.2 Å². The molecular weight excluding hydrogens is 254 g/mol. The van der Waals surface area contributed by atoms with Gasteiger partial charge in [-0.05, 0) is 48.4 Å². The lowest BCUT2D eigenvalue weighted by atomic mass is 9.99. The van der Waals surface area contributed by atoms with Crippen LogP contribution in [0.25, 0.3) is 10.8 Å². The molecule has 2 aromatic rings. The molecule has 0 bridgehead atoms. The summed E-state index contributed by atoms with van der Waals surface area (Å²) in [7, 11) is 0. The molecule has 0 spiro atoms. The van der Waals surface area contributed by atoms with Gasteiger partial charge in [0.1, 0.15) is 11.6 Å². The largest absolute Gasteiger partial charge is 0.207 e. The van der Waals surface area contributed by atoms with E-state index < -0.39 is 0 Å². The van der Waals surface area contributed by atoms with Crippen LogP contribution in [0.2, 0.25) is 0 Å². The second kappa shape index (κ2) is 6.83. The van der Waals surface area contributed by atoms with Crippen LogP contribution in [0.5, 0.6) is 0 Å². The summed E-state index contributed by atoms with van der Waals surface area (Å²) in [4.78, 5) is 0. The van der Waals surface area contributed by atoms with Crippen molar-refractivity contribution in [2.75, 3.05) is 0 Å². The molecular formula is C18H22F2. The molecule has 0 amide bonds. The third kappa shape index (κ3) is 3.36. The van der Waals surface area contributed by atoms with Crippen molar-refractivity contribution in [3.05, 3.63) is 47.0 Å². The van der Waals surface area contributed by atoms with Gasteiger partial charge in [0.05, 0.1) is 0 Å². The first-order valence-corrected chi connectivity index (χ1v) is 7.50. The molecule has 0 saturated carbocycles. The molecule has 0 aliphatic heterocycles. The Hall–Kier alpha value is -1.44. The summed E-state index contributed by atoms with van der Waals surface area (Å²) in [5, 5.41) is 1.18. The predicted octanol–water partition coefficient (Wildman–Crippen LogP) is 5.94. The monoisotopic (exact) mass is 276 g/mol. The number of aryl methyl sites for hydroxylation is 2. The summed E-state index contributed by atoms with van der Waals surface area (Å²) in [5.41, 5.74) is 1.27. The second-order valence-corrected chi connectivity index (χ2v) is 5.53. The number of hydrogen-bond acceptors (Lipinski definition) is 0. The Morgan fingerprint density at radius 3 is 2.45 bits per heavy atom. The summed E-state index contributed by atoms with van der Waals surface area (Å²) in [6.45, 7) is 3.88. The quantitative estimate of drug-likeness (QED) is 0.573. The number of unbranched alkanes of at least 4 members (excludes halogenated alkanes) is 4. The van der Waals surface area contributed by atoms with Gasteiger partial charge < -0.3 is 0 Å². The normalized spacial score (nSPS) is 11.2. The van der Waals surface area contributed by atoms with Crippen LogP contribution in [-0.2, 0) is 6.42 Å². The number of fused-ring (bicyclic) bond motifs is 1. The molecule has 0 fully saturated rings. The van der Waals surface area contributed by atoms with E-state index in [1.807, 2.05) is 6.07 Å². The van der Waals surface area contributed by atoms with Gasteiger partial charge in [0.2, 0.25) is 0 Å². The average molecular weight is 276 g/mol. The molecule has 0 nitrogen and oxygen atoms in total. The predicted molar refractivity (Wildman–Crippen MR) is 81.1 cm³/mol. The van der Waals surface area contributed by atoms with Gasteiger partial charge in [0.25, 0.3) is 0 Å². The van der Waals surface area contributed by atoms with E-state index in [1.54, 1.807) is 19.1 Å². The van der Waals surface area contributed by atoms with Crippen LogP contribution in [-0.4, -0.2) is 0 Å². The summed E-state index contributed by atoms with van der Waals surface area (Å²) in [6.07, 6.45) is 6.53. The lowest BCUT2D eigenvalue weighted by molar-refractivity contribution is 0.587. The van der Waals surface area contributed by atoms with E-state index in [0.29, 0.717) is 16.5 Å². The van der Waals surface area contributed by atoms with Gasteiger partial charge in [0.15, 0.2) is 0 Å². The summed E-state index contributed by atoms with van der Waals surface area (Å²) in [6, 6.07) is 6.76. The van der Waals surface area contributed by atoms with Gasteiger partial charge in [0, 0.05) is 5.39 Å². The van der Waals surface area contributed by atoms with Crippen molar-refractivity contribution < 1.29 is 8.78 Å². The molecule has 108 valence electrons. The van der Waals surface area contributed by atoms with Crippen molar-refractivity contribution in [1.82, 2.24) is 0 Å². The van der Waals surface area contributed by atoms with E-state index >= 15 is 0 Å². The number of halogens is 2. The Balaban J connectivity index is 2.15. The molecule has 2 rings (SSSR count). The van der Waals surface area contributed by atoms with E-state index in [4.69, 9.17) is 0 Å². The molecule has 0 atom stereocenters. The molecule has 2 heteroatoms. The molecule has 2 aromatic carbocycles. The maximum Gasteiger partial charge on any atom is 0.134 e. The molecule has 0 aromatic heterocycles. The first-order valence-electron chi connectivity index (χ1n) is 7.50. The third-order valence-electron chi connectivity index (χ3n) is 3.86. The Morgan fingerprint density at radius 2 is 1.70 bits per heavy atom. The fourth-order valence-electron chi connectivity index (χ4n) is 2.58. The molecule has 0 aliphatic rings. The van der Waals surface area contributed by atoms with Crippen molar-refractivity contribution in [2.24, 2.45) is 0 Å². The maximum atomic E-state index is 14.0. The van der Waals surface area contributed by atoms with E-state index in [9.17, 15) is 8.78 Å². The molecule has 0 radical (unpaired) electrons. The zero-order chi connectivity index (χ0) is 14.5. The Kier molecular flexibility index (Phi) is 5.11. The smallest absolute Gasteiger partial charge is 0.134 e. The minimum atomic E-state index is -0.309. The van der Waals surface area contributed by atoms with Crippen molar-refractivity contribution in [3.63, 3.8) is 0 Å². The van der Waals surface area contributed by atoms with Crippen LogP contribution >= 0.6 is 0 Å². The highest BCUT2D eigenvalue weighted by Crippen LogP contribution is 2.25. The molecule has 0 aliphatic carbocycles. The fraction of sp³-hybridized carbons (Fsp3) is 0.444. The second-order valence-electron chi connectivity index (χ2n) is 5.53. The van der Waals surface area contributed by atoms with Crippen LogP contribution in [0.15, 0.2) is 24.3 Å². The highest BCUT2D eigenvalue weighted by molar-refractivity contribution is 5.84. The number of benzene rings is 2. The number of hydrogen-bond donors (Lipinski definition) is 0. The lowest BCUT2D eigenvalue weighted by Crippen LogP contribution is -1.94. The Morgan fingerprint density at radius 1 is 0.950 bits per heavy atom. The fourth-order valence-corrected chi connectivity index (χ4v) is 2.58. The lowest BCUT2D eigenvalue weighted by Gasteiger charge is -2.08. The first kappa shape index (κ1) is 15.0. The van der Waals surface area contributed by atoms with Crippen molar-refractivity contribution in [1.29, 1.82) is 0 Å². The van der Waals surface area contributed by atoms with Gasteiger partial charge >= 0.3 is 0 Å². The van der Waals surface area contributed by atoms with E-state index in [0.717, 1.165) is 24.6 Å². The van der Waals surface area contributed by atoms with Crippen LogP contribution in [0.3, 0.4) is 0 Å². The molecule has 0 unspecified atom stereocenters. The number of rotatable bonds is 6. The highest BCUT2D eigenvalue weighted by atomic mass is 19.1. The Bertz CT molecular complexity index is 587. The van der Waals surface area contributed by atoms with Crippen LogP contribution in [0.4, 0.5) is 8.78 Å². The minimum absolute atomic E-state index is 0.280. The Labute approximate surface area is 119 Å². The standard InChI is InChI=1S/C18H22F2/c1-3-4-5-6-7-8-15-11-14-10-9-13(2)18(20)16(14)12-17(15)19/h9-12H,3-8H2,1-2H3. The topological polar surface area (TPSA) is 0 Å². The highest BCUT2D eigenvalue weighted by Gasteiger charge is 2.09. The van der Waals surface area contributed by atoms with Crippen molar-refractivity contribution in [3.8, 4) is 0 Å². The molecule has 0 saturated heterocycles. The van der Waals surface area contributed by atoms with Gasteiger partial charge in [-0.25, -0.2) is 8.78 Å². The van der Waals surface area contributed by atoms with Crippen molar-refractivity contribution in [2.45, 2.75) is 52.4 Å². The SMILES string of the molecule is CCCCCCCc1cc2ccc(C)c(F)c2cc1F. The maximum absolute atomic E-state index is 14.0. The van der Waals surface area contributed by atoms with Gasteiger partial charge in [-0.3, -0.25) is 0 Å². The van der Waals surface area contributed by atoms with Gasteiger partial charge in [-0.2, -0.15) is 0 Å². The van der Waals surface area contributed by atoms with Crippen LogP contribution in [0, 0.1) is 18.6 Å². The van der Waals surface area contributed by atoms with E-state index in [2.05, 4.69) is 6.92 Å². The zero-order valence-electron chi connectivity index (χ0n) is 12.3. The molecule has 0 heterocycles. The van der Waals surface area contributed by atoms with Gasteiger partial charge in [-0.15, -0.1) is 0 Å². The molecule has 0 N–H and O–H groups in total. The average Bonchev–Trinajstić information content (AvgIpc) is 2.44. The van der Waals surface area contributed by atoms with E-state index in [-0.39, 0.29) is 11.6 Å². The summed E-state index contributed by atoms with van der Waals surface area (Å²) >= 11 is 0. The third-order valence-corrected chi connectivity index (χ3v) is 3.86. The zero-order valence-corrected chi connectivity index (χ0v) is 12.3. The van der Waals surface area contributed by atoms with Gasteiger partial charge in [-0.1, -0.05) is 44.7 Å². The molecule has 20 heavy (non-hydrogen) atoms. The minimum Gasteiger partial charge on any atom is -0.207 e. The van der Waals surface area contributed by atoms with E-state index in [1.165, 1.54) is 25.3 Å². The summed E-state index contributed by atoms with van der Waals surface area (Å²) in [5.74, 6) is -0.589. The van der Waals surface area contributed by atoms with Crippen LogP contribution < -0.4 is 0 Å². The van der Waals surface area contributed by atoms with Crippen molar-refractivity contribution >= 4 is 10.8 Å². The first-order chi connectivity index (χ1) is 9.63.